The van der Waals surface area contributed by atoms with Crippen LogP contribution < -0.4 is 5.32 Å². The third kappa shape index (κ3) is 6.82. The highest BCUT2D eigenvalue weighted by Gasteiger charge is 2.18. The van der Waals surface area contributed by atoms with Crippen molar-refractivity contribution < 1.29 is 19.1 Å². The van der Waals surface area contributed by atoms with E-state index in [2.05, 4.69) is 10.3 Å². The molecule has 0 saturated heterocycles. The summed E-state index contributed by atoms with van der Waals surface area (Å²) in [5.74, 6) is -0.331. The first-order valence-corrected chi connectivity index (χ1v) is 6.53. The fourth-order valence-electron chi connectivity index (χ4n) is 1.45. The number of esters is 1. The molecule has 0 spiro atoms. The highest BCUT2D eigenvalue weighted by Crippen LogP contribution is 2.06. The number of hydrogen-bond donors (Lipinski definition) is 2. The predicted molar refractivity (Wildman–Crippen MR) is 74.3 cm³/mol. The number of aromatic amines is 1. The maximum absolute atomic E-state index is 11.5. The molecule has 0 aliphatic heterocycles. The lowest BCUT2D eigenvalue weighted by Crippen LogP contribution is -2.40. The molecule has 0 aliphatic rings. The lowest BCUT2D eigenvalue weighted by Gasteiger charge is -2.21. The van der Waals surface area contributed by atoms with Gasteiger partial charge < -0.3 is 19.8 Å². The van der Waals surface area contributed by atoms with Crippen molar-refractivity contribution in [3.63, 3.8) is 0 Å². The molecule has 6 heteroatoms. The van der Waals surface area contributed by atoms with Crippen LogP contribution >= 0.6 is 0 Å². The van der Waals surface area contributed by atoms with Crippen LogP contribution in [0.1, 0.15) is 33.3 Å². The highest BCUT2D eigenvalue weighted by atomic mass is 16.6. The molecule has 1 aromatic heterocycles. The first kappa shape index (κ1) is 16.1. The first-order valence-electron chi connectivity index (χ1n) is 6.53. The number of alkyl carbamates (subject to hydrolysis) is 1. The van der Waals surface area contributed by atoms with E-state index in [1.165, 1.54) is 0 Å². The van der Waals surface area contributed by atoms with Crippen molar-refractivity contribution in [3.05, 3.63) is 24.0 Å². The smallest absolute Gasteiger partial charge is 0.407 e. The number of hydrogen-bond acceptors (Lipinski definition) is 4. The summed E-state index contributed by atoms with van der Waals surface area (Å²) in [5.41, 5.74) is 0.317. The van der Waals surface area contributed by atoms with Crippen molar-refractivity contribution in [3.8, 4) is 0 Å². The number of H-pyrrole nitrogens is 1. The average Bonchev–Trinajstić information content (AvgIpc) is 2.76. The minimum absolute atomic E-state index is 0.114. The second-order valence-corrected chi connectivity index (χ2v) is 5.63. The van der Waals surface area contributed by atoms with E-state index in [0.29, 0.717) is 0 Å². The second kappa shape index (κ2) is 6.98. The molecular weight excluding hydrogens is 260 g/mol. The number of carbonyl (C=O) groups is 2. The van der Waals surface area contributed by atoms with Gasteiger partial charge in [0.1, 0.15) is 12.2 Å². The van der Waals surface area contributed by atoms with Gasteiger partial charge in [-0.05, 0) is 39.3 Å². The van der Waals surface area contributed by atoms with Gasteiger partial charge in [0.2, 0.25) is 0 Å². The van der Waals surface area contributed by atoms with Crippen molar-refractivity contribution in [2.75, 3.05) is 6.61 Å². The van der Waals surface area contributed by atoms with Crippen LogP contribution in [0.4, 0.5) is 4.79 Å². The van der Waals surface area contributed by atoms with Gasteiger partial charge in [-0.2, -0.15) is 0 Å². The summed E-state index contributed by atoms with van der Waals surface area (Å²) in [6, 6.07) is 1.50. The van der Waals surface area contributed by atoms with E-state index in [1.807, 2.05) is 6.07 Å². The van der Waals surface area contributed by atoms with Crippen LogP contribution in [0.25, 0.3) is 0 Å². The number of carbonyl (C=O) groups excluding carboxylic acids is 2. The van der Waals surface area contributed by atoms with E-state index in [4.69, 9.17) is 9.47 Å². The molecule has 0 fully saturated rings. The molecule has 0 aromatic carbocycles. The van der Waals surface area contributed by atoms with E-state index in [-0.39, 0.29) is 25.0 Å². The number of ether oxygens (including phenoxy) is 2. The van der Waals surface area contributed by atoms with E-state index in [9.17, 15) is 9.59 Å². The number of nitrogens with one attached hydrogen (secondary N) is 2. The summed E-state index contributed by atoms with van der Waals surface area (Å²) in [5, 5.41) is 2.61. The number of aromatic nitrogens is 1. The normalized spacial score (nSPS) is 12.6. The molecule has 20 heavy (non-hydrogen) atoms. The maximum Gasteiger partial charge on any atom is 0.407 e. The van der Waals surface area contributed by atoms with Crippen molar-refractivity contribution in [1.82, 2.24) is 10.3 Å². The quantitative estimate of drug-likeness (QED) is 0.810. The van der Waals surface area contributed by atoms with Gasteiger partial charge in [-0.25, -0.2) is 4.79 Å². The standard InChI is InChI=1S/C14H22N2O4/c1-10(16-13(18)20-14(2,3)4)9-19-12(17)7-11-5-6-15-8-11/h5-6,8,10,15H,7,9H2,1-4H3,(H,16,18)/t10-/m1/s1. The van der Waals surface area contributed by atoms with Crippen LogP contribution in [-0.2, 0) is 20.7 Å². The molecule has 6 nitrogen and oxygen atoms in total. The summed E-state index contributed by atoms with van der Waals surface area (Å²) < 4.78 is 10.2. The van der Waals surface area contributed by atoms with E-state index >= 15 is 0 Å². The fraction of sp³-hybridized carbons (Fsp3) is 0.571. The van der Waals surface area contributed by atoms with Gasteiger partial charge in [0, 0.05) is 12.4 Å². The Hall–Kier alpha value is -1.98. The van der Waals surface area contributed by atoms with Crippen molar-refractivity contribution in [2.24, 2.45) is 0 Å². The summed E-state index contributed by atoms with van der Waals surface area (Å²) in [7, 11) is 0. The van der Waals surface area contributed by atoms with Crippen LogP contribution in [0.15, 0.2) is 18.5 Å². The van der Waals surface area contributed by atoms with E-state index in [0.717, 1.165) is 5.56 Å². The number of rotatable bonds is 5. The van der Waals surface area contributed by atoms with Gasteiger partial charge in [0.05, 0.1) is 12.5 Å². The van der Waals surface area contributed by atoms with Gasteiger partial charge in [-0.3, -0.25) is 4.79 Å². The fourth-order valence-corrected chi connectivity index (χ4v) is 1.45. The largest absolute Gasteiger partial charge is 0.463 e. The average molecular weight is 282 g/mol. The zero-order valence-corrected chi connectivity index (χ0v) is 12.4. The zero-order chi connectivity index (χ0) is 15.2. The van der Waals surface area contributed by atoms with E-state index < -0.39 is 11.7 Å². The Morgan fingerprint density at radius 2 is 2.10 bits per heavy atom. The summed E-state index contributed by atoms with van der Waals surface area (Å²) in [6.45, 7) is 7.21. The Morgan fingerprint density at radius 3 is 2.65 bits per heavy atom. The summed E-state index contributed by atoms with van der Waals surface area (Å²) in [4.78, 5) is 25.9. The molecule has 1 atom stereocenters. The Labute approximate surface area is 118 Å². The highest BCUT2D eigenvalue weighted by molar-refractivity contribution is 5.72. The Balaban J connectivity index is 2.24. The molecular formula is C14H22N2O4. The molecule has 1 amide bonds. The van der Waals surface area contributed by atoms with Gasteiger partial charge in [-0.15, -0.1) is 0 Å². The SMILES string of the molecule is C[C@H](COC(=O)Cc1cc[nH]c1)NC(=O)OC(C)(C)C. The second-order valence-electron chi connectivity index (χ2n) is 5.63. The summed E-state index contributed by atoms with van der Waals surface area (Å²) in [6.07, 6.45) is 3.17. The van der Waals surface area contributed by atoms with Gasteiger partial charge in [0.25, 0.3) is 0 Å². The molecule has 0 aliphatic carbocycles. The first-order chi connectivity index (χ1) is 9.26. The Morgan fingerprint density at radius 1 is 1.40 bits per heavy atom. The van der Waals surface area contributed by atoms with Crippen LogP contribution in [0.5, 0.6) is 0 Å². The van der Waals surface area contributed by atoms with Crippen molar-refractivity contribution in [2.45, 2.75) is 45.8 Å². The third-order valence-corrected chi connectivity index (χ3v) is 2.27. The minimum atomic E-state index is -0.547. The minimum Gasteiger partial charge on any atom is -0.463 e. The van der Waals surface area contributed by atoms with Crippen LogP contribution in [0.2, 0.25) is 0 Å². The summed E-state index contributed by atoms with van der Waals surface area (Å²) >= 11 is 0. The van der Waals surface area contributed by atoms with Crippen LogP contribution in [0, 0.1) is 0 Å². The lowest BCUT2D eigenvalue weighted by atomic mass is 10.2. The molecule has 1 aromatic rings. The van der Waals surface area contributed by atoms with Crippen molar-refractivity contribution >= 4 is 12.1 Å². The van der Waals surface area contributed by atoms with E-state index in [1.54, 1.807) is 40.1 Å². The number of amides is 1. The predicted octanol–water partition coefficient (Wildman–Crippen LogP) is 2.01. The van der Waals surface area contributed by atoms with Gasteiger partial charge in [0.15, 0.2) is 0 Å². The molecule has 0 saturated carbocycles. The monoisotopic (exact) mass is 282 g/mol. The third-order valence-electron chi connectivity index (χ3n) is 2.27. The Bertz CT molecular complexity index is 435. The van der Waals surface area contributed by atoms with Gasteiger partial charge in [-0.1, -0.05) is 0 Å². The molecule has 0 unspecified atom stereocenters. The molecule has 112 valence electrons. The van der Waals surface area contributed by atoms with Crippen LogP contribution in [0.3, 0.4) is 0 Å². The topological polar surface area (TPSA) is 80.4 Å². The maximum atomic E-state index is 11.5. The molecule has 1 rings (SSSR count). The zero-order valence-electron chi connectivity index (χ0n) is 12.4. The van der Waals surface area contributed by atoms with Gasteiger partial charge >= 0.3 is 12.1 Å². The molecule has 1 heterocycles. The molecule has 2 N–H and O–H groups in total. The lowest BCUT2D eigenvalue weighted by molar-refractivity contribution is -0.143. The van der Waals surface area contributed by atoms with Crippen LogP contribution in [-0.4, -0.2) is 35.3 Å². The Kier molecular flexibility index (Phi) is 5.61. The van der Waals surface area contributed by atoms with Crippen molar-refractivity contribution in [1.29, 1.82) is 0 Å². The molecule has 0 radical (unpaired) electrons. The molecule has 0 bridgehead atoms.